The molecule has 0 aliphatic carbocycles. The molecule has 1 aliphatic rings. The highest BCUT2D eigenvalue weighted by atomic mass is 19.1. The van der Waals surface area contributed by atoms with Crippen molar-refractivity contribution in [1.82, 2.24) is 4.90 Å². The van der Waals surface area contributed by atoms with E-state index >= 15 is 0 Å². The molecule has 7 heteroatoms. The molecule has 0 atom stereocenters. The maximum absolute atomic E-state index is 13.4. The number of hydrogen-bond donors (Lipinski definition) is 1. The molecule has 1 amide bonds. The maximum atomic E-state index is 13.4. The fourth-order valence-corrected chi connectivity index (χ4v) is 4.42. The van der Waals surface area contributed by atoms with E-state index < -0.39 is 0 Å². The van der Waals surface area contributed by atoms with E-state index in [9.17, 15) is 14.0 Å². The number of carbonyl (C=O) groups is 2. The zero-order valence-corrected chi connectivity index (χ0v) is 19.8. The van der Waals surface area contributed by atoms with Crippen LogP contribution in [0.5, 0.6) is 5.75 Å². The zero-order chi connectivity index (χ0) is 24.8. The maximum Gasteiger partial charge on any atom is 0.258 e. The molecule has 3 aromatic rings. The lowest BCUT2D eigenvalue weighted by Gasteiger charge is -2.33. The van der Waals surface area contributed by atoms with Crippen LogP contribution in [-0.4, -0.2) is 49.9 Å². The SMILES string of the molecule is COc1cccc(N(CCN2CCC(C(=O)c3ccc(F)cc3)CC2)C(=O)c2ccc(N)cc2)c1. The predicted octanol–water partition coefficient (Wildman–Crippen LogP) is 4.66. The highest BCUT2D eigenvalue weighted by Gasteiger charge is 2.27. The van der Waals surface area contributed by atoms with E-state index in [4.69, 9.17) is 10.5 Å². The number of amides is 1. The lowest BCUT2D eigenvalue weighted by atomic mass is 9.89. The second-order valence-electron chi connectivity index (χ2n) is 8.77. The van der Waals surface area contributed by atoms with Crippen molar-refractivity contribution < 1.29 is 18.7 Å². The van der Waals surface area contributed by atoms with Crippen LogP contribution in [0.25, 0.3) is 0 Å². The summed E-state index contributed by atoms with van der Waals surface area (Å²) in [5.41, 5.74) is 8.28. The number of benzene rings is 3. The number of ether oxygens (including phenoxy) is 1. The average Bonchev–Trinajstić information content (AvgIpc) is 2.89. The van der Waals surface area contributed by atoms with E-state index in [-0.39, 0.29) is 23.4 Å². The molecule has 6 nitrogen and oxygen atoms in total. The fourth-order valence-electron chi connectivity index (χ4n) is 4.42. The Labute approximate surface area is 205 Å². The largest absolute Gasteiger partial charge is 0.497 e. The molecule has 2 N–H and O–H groups in total. The number of anilines is 2. The Morgan fingerprint density at radius 3 is 2.31 bits per heavy atom. The van der Waals surface area contributed by atoms with E-state index in [1.54, 1.807) is 48.4 Å². The van der Waals surface area contributed by atoms with Gasteiger partial charge in [0.2, 0.25) is 0 Å². The van der Waals surface area contributed by atoms with Gasteiger partial charge in [-0.15, -0.1) is 0 Å². The number of likely N-dealkylation sites (tertiary alicyclic amines) is 1. The second-order valence-corrected chi connectivity index (χ2v) is 8.77. The van der Waals surface area contributed by atoms with Crippen molar-refractivity contribution in [3.8, 4) is 5.75 Å². The first-order chi connectivity index (χ1) is 16.9. The lowest BCUT2D eigenvalue weighted by molar-refractivity contribution is 0.0841. The Hall–Kier alpha value is -3.71. The minimum Gasteiger partial charge on any atom is -0.497 e. The molecule has 0 bridgehead atoms. The number of nitrogen functional groups attached to an aromatic ring is 1. The number of ketones is 1. The van der Waals surface area contributed by atoms with Gasteiger partial charge in [-0.25, -0.2) is 4.39 Å². The second kappa shape index (κ2) is 11.1. The van der Waals surface area contributed by atoms with E-state index in [1.807, 2.05) is 24.3 Å². The van der Waals surface area contributed by atoms with Crippen molar-refractivity contribution in [2.45, 2.75) is 12.8 Å². The number of rotatable bonds is 8. The molecule has 4 rings (SSSR count). The number of halogens is 1. The van der Waals surface area contributed by atoms with Gasteiger partial charge in [0, 0.05) is 47.6 Å². The Bertz CT molecular complexity index is 1160. The lowest BCUT2D eigenvalue weighted by Crippen LogP contribution is -2.42. The van der Waals surface area contributed by atoms with Crippen LogP contribution in [0.4, 0.5) is 15.8 Å². The molecule has 0 saturated carbocycles. The minimum absolute atomic E-state index is 0.0670. The van der Waals surface area contributed by atoms with Crippen LogP contribution in [0, 0.1) is 11.7 Å². The van der Waals surface area contributed by atoms with Crippen molar-refractivity contribution >= 4 is 23.1 Å². The van der Waals surface area contributed by atoms with Crippen LogP contribution in [0.2, 0.25) is 0 Å². The summed E-state index contributed by atoms with van der Waals surface area (Å²) >= 11 is 0. The third-order valence-electron chi connectivity index (χ3n) is 6.49. The standard InChI is InChI=1S/C28H30FN3O3/c1-35-26-4-2-3-25(19-26)32(28(34)22-7-11-24(30)12-8-22)18-17-31-15-13-21(14-16-31)27(33)20-5-9-23(29)10-6-20/h2-12,19,21H,13-18,30H2,1H3. The number of piperidine rings is 1. The minimum atomic E-state index is -0.342. The normalized spacial score (nSPS) is 14.5. The number of hydrogen-bond acceptors (Lipinski definition) is 5. The summed E-state index contributed by atoms with van der Waals surface area (Å²) in [4.78, 5) is 30.2. The summed E-state index contributed by atoms with van der Waals surface area (Å²) in [5.74, 6) is 0.228. The van der Waals surface area contributed by atoms with Crippen LogP contribution in [0.15, 0.2) is 72.8 Å². The van der Waals surface area contributed by atoms with Gasteiger partial charge in [0.25, 0.3) is 5.91 Å². The van der Waals surface area contributed by atoms with Crippen molar-refractivity contribution in [3.05, 3.63) is 89.7 Å². The van der Waals surface area contributed by atoms with Gasteiger partial charge in [-0.2, -0.15) is 0 Å². The van der Waals surface area contributed by atoms with Crippen LogP contribution in [-0.2, 0) is 0 Å². The fraction of sp³-hybridized carbons (Fsp3) is 0.286. The van der Waals surface area contributed by atoms with Crippen molar-refractivity contribution in [2.24, 2.45) is 5.92 Å². The van der Waals surface area contributed by atoms with Gasteiger partial charge in [0.1, 0.15) is 11.6 Å². The third kappa shape index (κ3) is 6.05. The molecule has 0 spiro atoms. The topological polar surface area (TPSA) is 75.9 Å². The van der Waals surface area contributed by atoms with Gasteiger partial charge in [0.05, 0.1) is 7.11 Å². The van der Waals surface area contributed by atoms with Crippen molar-refractivity contribution in [3.63, 3.8) is 0 Å². The number of methoxy groups -OCH3 is 1. The summed E-state index contributed by atoms with van der Waals surface area (Å²) < 4.78 is 18.5. The molecule has 1 heterocycles. The summed E-state index contributed by atoms with van der Waals surface area (Å²) in [6.45, 7) is 2.70. The first-order valence-corrected chi connectivity index (χ1v) is 11.8. The molecule has 1 aliphatic heterocycles. The van der Waals surface area contributed by atoms with Gasteiger partial charge >= 0.3 is 0 Å². The first kappa shape index (κ1) is 24.4. The molecular weight excluding hydrogens is 445 g/mol. The van der Waals surface area contributed by atoms with Crippen LogP contribution < -0.4 is 15.4 Å². The molecule has 0 radical (unpaired) electrons. The van der Waals surface area contributed by atoms with E-state index in [0.29, 0.717) is 35.7 Å². The molecule has 0 aromatic heterocycles. The molecular formula is C28H30FN3O3. The summed E-state index contributed by atoms with van der Waals surface area (Å²) in [5, 5.41) is 0. The van der Waals surface area contributed by atoms with Gasteiger partial charge in [-0.3, -0.25) is 9.59 Å². The number of carbonyl (C=O) groups excluding carboxylic acids is 2. The van der Waals surface area contributed by atoms with Crippen LogP contribution in [0.3, 0.4) is 0 Å². The molecule has 0 unspecified atom stereocenters. The van der Waals surface area contributed by atoms with Gasteiger partial charge in [0.15, 0.2) is 5.78 Å². The Balaban J connectivity index is 1.41. The molecule has 1 fully saturated rings. The van der Waals surface area contributed by atoms with Gasteiger partial charge < -0.3 is 20.3 Å². The third-order valence-corrected chi connectivity index (χ3v) is 6.49. The van der Waals surface area contributed by atoms with Crippen LogP contribution >= 0.6 is 0 Å². The summed E-state index contributed by atoms with van der Waals surface area (Å²) in [7, 11) is 1.60. The van der Waals surface area contributed by atoms with E-state index in [2.05, 4.69) is 4.90 Å². The number of nitrogens with two attached hydrogens (primary N) is 1. The highest BCUT2D eigenvalue weighted by molar-refractivity contribution is 6.06. The van der Waals surface area contributed by atoms with Gasteiger partial charge in [-0.05, 0) is 86.6 Å². The Kier molecular flexibility index (Phi) is 7.77. The Morgan fingerprint density at radius 1 is 1.00 bits per heavy atom. The smallest absolute Gasteiger partial charge is 0.258 e. The average molecular weight is 476 g/mol. The number of Topliss-reactive ketones (excluding diaryl/α,β-unsaturated/α-hetero) is 1. The van der Waals surface area contributed by atoms with E-state index in [0.717, 1.165) is 31.6 Å². The van der Waals surface area contributed by atoms with Crippen LogP contribution in [0.1, 0.15) is 33.6 Å². The predicted molar refractivity (Wildman–Crippen MR) is 135 cm³/mol. The van der Waals surface area contributed by atoms with E-state index in [1.165, 1.54) is 12.1 Å². The van der Waals surface area contributed by atoms with Crippen molar-refractivity contribution in [1.29, 1.82) is 0 Å². The number of nitrogens with zero attached hydrogens (tertiary/aromatic N) is 2. The van der Waals surface area contributed by atoms with Gasteiger partial charge in [-0.1, -0.05) is 6.07 Å². The molecule has 3 aromatic carbocycles. The molecule has 182 valence electrons. The zero-order valence-electron chi connectivity index (χ0n) is 19.8. The summed E-state index contributed by atoms with van der Waals surface area (Å²) in [6, 6.07) is 20.1. The Morgan fingerprint density at radius 2 is 1.66 bits per heavy atom. The molecule has 35 heavy (non-hydrogen) atoms. The highest BCUT2D eigenvalue weighted by Crippen LogP contribution is 2.25. The van der Waals surface area contributed by atoms with Crippen molar-refractivity contribution in [2.75, 3.05) is 43.9 Å². The first-order valence-electron chi connectivity index (χ1n) is 11.8. The molecule has 1 saturated heterocycles. The monoisotopic (exact) mass is 475 g/mol. The quantitative estimate of drug-likeness (QED) is 0.379. The summed E-state index contributed by atoms with van der Waals surface area (Å²) in [6.07, 6.45) is 1.47.